The summed E-state index contributed by atoms with van der Waals surface area (Å²) in [6, 6.07) is 6.74. The van der Waals surface area contributed by atoms with Gasteiger partial charge in [-0.15, -0.1) is 10.2 Å². The van der Waals surface area contributed by atoms with E-state index in [1.807, 2.05) is 26.0 Å². The van der Waals surface area contributed by atoms with Crippen molar-refractivity contribution < 1.29 is 19.2 Å². The maximum Gasteiger partial charge on any atom is 0.272 e. The molecule has 2 atom stereocenters. The summed E-state index contributed by atoms with van der Waals surface area (Å²) in [7, 11) is 0. The van der Waals surface area contributed by atoms with E-state index < -0.39 is 6.10 Å². The fourth-order valence-corrected chi connectivity index (χ4v) is 3.58. The van der Waals surface area contributed by atoms with E-state index in [-0.39, 0.29) is 30.1 Å². The molecule has 9 nitrogen and oxygen atoms in total. The molecule has 2 N–H and O–H groups in total. The Morgan fingerprint density at radius 1 is 1.19 bits per heavy atom. The normalized spacial score (nSPS) is 18.5. The molecule has 0 radical (unpaired) electrons. The van der Waals surface area contributed by atoms with E-state index in [1.165, 1.54) is 0 Å². The van der Waals surface area contributed by atoms with Crippen molar-refractivity contribution in [3.8, 4) is 17.1 Å². The number of pyridine rings is 1. The highest BCUT2D eigenvalue weighted by Crippen LogP contribution is 2.26. The molecule has 31 heavy (non-hydrogen) atoms. The van der Waals surface area contributed by atoms with Gasteiger partial charge in [-0.1, -0.05) is 18.0 Å². The monoisotopic (exact) mass is 423 g/mol. The first-order valence-electron chi connectivity index (χ1n) is 10.3. The van der Waals surface area contributed by atoms with E-state index in [0.29, 0.717) is 17.9 Å². The Morgan fingerprint density at radius 3 is 2.74 bits per heavy atom. The average molecular weight is 423 g/mol. The topological polar surface area (TPSA) is 123 Å². The van der Waals surface area contributed by atoms with Gasteiger partial charge >= 0.3 is 0 Å². The lowest BCUT2D eigenvalue weighted by atomic mass is 9.92. The molecule has 1 fully saturated rings. The molecule has 162 valence electrons. The van der Waals surface area contributed by atoms with Crippen LogP contribution in [0.25, 0.3) is 11.3 Å². The van der Waals surface area contributed by atoms with Crippen LogP contribution < -0.4 is 10.1 Å². The van der Waals surface area contributed by atoms with Crippen LogP contribution in [0.4, 0.5) is 0 Å². The zero-order chi connectivity index (χ0) is 21.8. The number of aliphatic hydroxyl groups excluding tert-OH is 1. The van der Waals surface area contributed by atoms with Crippen molar-refractivity contribution in [3.05, 3.63) is 53.2 Å². The summed E-state index contributed by atoms with van der Waals surface area (Å²) in [4.78, 5) is 16.7. The predicted molar refractivity (Wildman–Crippen MR) is 111 cm³/mol. The molecule has 0 unspecified atom stereocenters. The number of nitrogens with zero attached hydrogens (tertiary/aromatic N) is 4. The van der Waals surface area contributed by atoms with Gasteiger partial charge in [0.25, 0.3) is 5.91 Å². The van der Waals surface area contributed by atoms with Crippen LogP contribution in [-0.2, 0) is 6.61 Å². The van der Waals surface area contributed by atoms with Gasteiger partial charge in [0.15, 0.2) is 5.69 Å². The number of hydrogen-bond acceptors (Lipinski definition) is 8. The summed E-state index contributed by atoms with van der Waals surface area (Å²) in [5, 5.41) is 24.9. The largest absolute Gasteiger partial charge is 0.472 e. The van der Waals surface area contributed by atoms with Gasteiger partial charge in [-0.05, 0) is 44.9 Å². The summed E-state index contributed by atoms with van der Waals surface area (Å²) in [5.74, 6) is 0.572. The number of amides is 1. The highest BCUT2D eigenvalue weighted by atomic mass is 16.5. The number of hydrogen-bond donors (Lipinski definition) is 2. The number of carbonyl (C=O) groups excluding carboxylic acids is 1. The SMILES string of the molecule is Cc1ccc(-c2noc(C)c2COc2ccc(C(=O)N[C@@H]3CCCC[C@@H]3O)nn2)cn1. The van der Waals surface area contributed by atoms with Crippen LogP contribution in [0.3, 0.4) is 0 Å². The molecule has 1 aliphatic rings. The molecule has 9 heteroatoms. The van der Waals surface area contributed by atoms with E-state index in [4.69, 9.17) is 9.26 Å². The Morgan fingerprint density at radius 2 is 2.03 bits per heavy atom. The number of aryl methyl sites for hydroxylation is 2. The Balaban J connectivity index is 1.39. The average Bonchev–Trinajstić information content (AvgIpc) is 3.15. The molecule has 0 aliphatic heterocycles. The van der Waals surface area contributed by atoms with Crippen LogP contribution >= 0.6 is 0 Å². The lowest BCUT2D eigenvalue weighted by Crippen LogP contribution is -2.45. The van der Waals surface area contributed by atoms with Crippen molar-refractivity contribution in [2.45, 2.75) is 58.3 Å². The number of ether oxygens (including phenoxy) is 1. The zero-order valence-corrected chi connectivity index (χ0v) is 17.5. The fraction of sp³-hybridized carbons (Fsp3) is 0.409. The van der Waals surface area contributed by atoms with Crippen molar-refractivity contribution in [2.75, 3.05) is 0 Å². The van der Waals surface area contributed by atoms with E-state index in [2.05, 4.69) is 25.7 Å². The summed E-state index contributed by atoms with van der Waals surface area (Å²) < 4.78 is 11.1. The Hall–Kier alpha value is -3.33. The summed E-state index contributed by atoms with van der Waals surface area (Å²) in [6.07, 6.45) is 4.66. The Kier molecular flexibility index (Phi) is 6.22. The first-order chi connectivity index (χ1) is 15.0. The molecule has 0 bridgehead atoms. The summed E-state index contributed by atoms with van der Waals surface area (Å²) >= 11 is 0. The quantitative estimate of drug-likeness (QED) is 0.620. The molecule has 0 saturated heterocycles. The number of aromatic nitrogens is 4. The third-order valence-electron chi connectivity index (χ3n) is 5.45. The Bertz CT molecular complexity index is 1030. The standard InChI is InChI=1S/C22H25N5O4/c1-13-7-8-15(11-23-13)21-16(14(2)31-27-21)12-30-20-10-9-18(25-26-20)22(29)24-17-5-3-4-6-19(17)28/h7-11,17,19,28H,3-6,12H2,1-2H3,(H,24,29)/t17-,19+/m1/s1. The van der Waals surface area contributed by atoms with Gasteiger partial charge in [0.1, 0.15) is 18.1 Å². The molecule has 0 spiro atoms. The predicted octanol–water partition coefficient (Wildman–Crippen LogP) is 2.76. The van der Waals surface area contributed by atoms with Crippen molar-refractivity contribution in [1.29, 1.82) is 0 Å². The highest BCUT2D eigenvalue weighted by molar-refractivity contribution is 5.92. The maximum atomic E-state index is 12.4. The van der Waals surface area contributed by atoms with Crippen LogP contribution in [0.15, 0.2) is 35.0 Å². The summed E-state index contributed by atoms with van der Waals surface area (Å²) in [6.45, 7) is 3.92. The number of aliphatic hydroxyl groups is 1. The molecular weight excluding hydrogens is 398 g/mol. The molecule has 1 amide bonds. The molecular formula is C22H25N5O4. The Labute approximate surface area is 179 Å². The van der Waals surface area contributed by atoms with Crippen molar-refractivity contribution >= 4 is 5.91 Å². The van der Waals surface area contributed by atoms with Gasteiger partial charge in [0.2, 0.25) is 5.88 Å². The highest BCUT2D eigenvalue weighted by Gasteiger charge is 2.25. The molecule has 3 heterocycles. The molecule has 3 aromatic heterocycles. The second kappa shape index (κ2) is 9.22. The lowest BCUT2D eigenvalue weighted by molar-refractivity contribution is 0.0713. The van der Waals surface area contributed by atoms with Gasteiger partial charge in [-0.25, -0.2) is 0 Å². The summed E-state index contributed by atoms with van der Waals surface area (Å²) in [5.41, 5.74) is 3.39. The fourth-order valence-electron chi connectivity index (χ4n) is 3.58. The van der Waals surface area contributed by atoms with Crippen LogP contribution in [0.5, 0.6) is 5.88 Å². The van der Waals surface area contributed by atoms with Crippen LogP contribution in [0.1, 0.15) is 53.2 Å². The molecule has 1 saturated carbocycles. The van der Waals surface area contributed by atoms with Crippen LogP contribution in [0, 0.1) is 13.8 Å². The van der Waals surface area contributed by atoms with Crippen LogP contribution in [0.2, 0.25) is 0 Å². The van der Waals surface area contributed by atoms with Gasteiger partial charge in [0.05, 0.1) is 17.7 Å². The van der Waals surface area contributed by atoms with Gasteiger partial charge < -0.3 is 19.7 Å². The van der Waals surface area contributed by atoms with E-state index >= 15 is 0 Å². The second-order valence-corrected chi connectivity index (χ2v) is 7.73. The second-order valence-electron chi connectivity index (χ2n) is 7.73. The van der Waals surface area contributed by atoms with E-state index in [9.17, 15) is 9.90 Å². The van der Waals surface area contributed by atoms with Gasteiger partial charge in [0, 0.05) is 23.5 Å². The first kappa shape index (κ1) is 20.9. The third-order valence-corrected chi connectivity index (χ3v) is 5.45. The number of carbonyl (C=O) groups is 1. The molecule has 0 aromatic carbocycles. The molecule has 4 rings (SSSR count). The van der Waals surface area contributed by atoms with E-state index in [0.717, 1.165) is 36.1 Å². The van der Waals surface area contributed by atoms with E-state index in [1.54, 1.807) is 18.3 Å². The zero-order valence-electron chi connectivity index (χ0n) is 17.5. The first-order valence-corrected chi connectivity index (χ1v) is 10.3. The minimum Gasteiger partial charge on any atom is -0.472 e. The van der Waals surface area contributed by atoms with Gasteiger partial charge in [-0.2, -0.15) is 0 Å². The number of nitrogens with one attached hydrogen (secondary N) is 1. The van der Waals surface area contributed by atoms with Crippen molar-refractivity contribution in [3.63, 3.8) is 0 Å². The smallest absolute Gasteiger partial charge is 0.272 e. The van der Waals surface area contributed by atoms with Crippen molar-refractivity contribution in [2.24, 2.45) is 0 Å². The molecule has 1 aliphatic carbocycles. The van der Waals surface area contributed by atoms with Crippen LogP contribution in [-0.4, -0.2) is 43.5 Å². The maximum absolute atomic E-state index is 12.4. The minimum atomic E-state index is -0.516. The third kappa shape index (κ3) is 4.88. The lowest BCUT2D eigenvalue weighted by Gasteiger charge is -2.28. The van der Waals surface area contributed by atoms with Crippen molar-refractivity contribution in [1.82, 2.24) is 25.7 Å². The molecule has 3 aromatic rings. The minimum absolute atomic E-state index is 0.178. The van der Waals surface area contributed by atoms with Gasteiger partial charge in [-0.3, -0.25) is 9.78 Å². The number of rotatable bonds is 6.